The van der Waals surface area contributed by atoms with Crippen LogP contribution in [-0.4, -0.2) is 75.2 Å². The minimum absolute atomic E-state index is 0.0387. The van der Waals surface area contributed by atoms with Gasteiger partial charge in [-0.3, -0.25) is 9.59 Å². The van der Waals surface area contributed by atoms with Crippen LogP contribution in [-0.2, 0) is 24.3 Å². The summed E-state index contributed by atoms with van der Waals surface area (Å²) in [5.41, 5.74) is 0.0392. The number of carbonyl (C=O) groups excluding carboxylic acids is 3. The van der Waals surface area contributed by atoms with Crippen molar-refractivity contribution in [1.82, 2.24) is 14.5 Å². The molecule has 142 valence electrons. The Balaban J connectivity index is 2.12. The van der Waals surface area contributed by atoms with Crippen LogP contribution in [0.1, 0.15) is 17.3 Å². The minimum Gasteiger partial charge on any atom is -0.452 e. The van der Waals surface area contributed by atoms with Gasteiger partial charge in [0.05, 0.1) is 10.5 Å². The molecule has 0 spiro atoms. The van der Waals surface area contributed by atoms with Gasteiger partial charge >= 0.3 is 5.97 Å². The summed E-state index contributed by atoms with van der Waals surface area (Å²) in [7, 11) is -2.38. The summed E-state index contributed by atoms with van der Waals surface area (Å²) in [6.07, 6.45) is 0. The zero-order valence-electron chi connectivity index (χ0n) is 14.6. The standard InChI is InChI=1S/C16H21N3O6S/c1-12(20)18-6-8-19(9-7-18)26(23,24)14-5-3-4-13(10-14)16(22)25-11-15(21)17-2/h3-5,10H,6-9,11H2,1-2H3,(H,17,21). The van der Waals surface area contributed by atoms with Gasteiger partial charge in [-0.25, -0.2) is 13.2 Å². The Morgan fingerprint density at radius 2 is 1.81 bits per heavy atom. The molecule has 0 aromatic heterocycles. The van der Waals surface area contributed by atoms with Gasteiger partial charge in [0.15, 0.2) is 6.61 Å². The Kier molecular flexibility index (Phi) is 6.32. The third-order valence-electron chi connectivity index (χ3n) is 4.00. The number of nitrogens with zero attached hydrogens (tertiary/aromatic N) is 2. The number of likely N-dealkylation sites (N-methyl/N-ethyl adjacent to an activating group) is 1. The molecule has 1 aromatic rings. The third-order valence-corrected chi connectivity index (χ3v) is 5.90. The number of hydrogen-bond acceptors (Lipinski definition) is 6. The summed E-state index contributed by atoms with van der Waals surface area (Å²) in [5.74, 6) is -1.35. The molecular formula is C16H21N3O6S. The molecule has 1 N–H and O–H groups in total. The lowest BCUT2D eigenvalue weighted by Gasteiger charge is -2.33. The Morgan fingerprint density at radius 3 is 2.38 bits per heavy atom. The largest absolute Gasteiger partial charge is 0.452 e. The molecule has 1 aliphatic heterocycles. The second-order valence-electron chi connectivity index (χ2n) is 5.69. The van der Waals surface area contributed by atoms with Crippen LogP contribution in [0.15, 0.2) is 29.2 Å². The summed E-state index contributed by atoms with van der Waals surface area (Å²) in [5, 5.41) is 2.32. The second-order valence-corrected chi connectivity index (χ2v) is 7.63. The van der Waals surface area contributed by atoms with Gasteiger partial charge in [0.1, 0.15) is 0 Å². The number of sulfonamides is 1. The van der Waals surface area contributed by atoms with Crippen LogP contribution in [0.25, 0.3) is 0 Å². The fourth-order valence-electron chi connectivity index (χ4n) is 2.46. The van der Waals surface area contributed by atoms with Crippen molar-refractivity contribution in [2.45, 2.75) is 11.8 Å². The van der Waals surface area contributed by atoms with Crippen LogP contribution >= 0.6 is 0 Å². The number of hydrogen-bond donors (Lipinski definition) is 1. The number of ether oxygens (including phenoxy) is 1. The van der Waals surface area contributed by atoms with Crippen LogP contribution in [0.5, 0.6) is 0 Å². The lowest BCUT2D eigenvalue weighted by Crippen LogP contribution is -2.49. The first-order valence-electron chi connectivity index (χ1n) is 7.99. The van der Waals surface area contributed by atoms with Gasteiger partial charge in [-0.15, -0.1) is 0 Å². The highest BCUT2D eigenvalue weighted by Crippen LogP contribution is 2.19. The van der Waals surface area contributed by atoms with E-state index >= 15 is 0 Å². The van der Waals surface area contributed by atoms with Gasteiger partial charge in [0, 0.05) is 40.2 Å². The van der Waals surface area contributed by atoms with E-state index in [1.807, 2.05) is 0 Å². The van der Waals surface area contributed by atoms with E-state index in [0.29, 0.717) is 13.1 Å². The maximum absolute atomic E-state index is 12.8. The van der Waals surface area contributed by atoms with Crippen LogP contribution in [0.3, 0.4) is 0 Å². The van der Waals surface area contributed by atoms with Crippen molar-refractivity contribution in [1.29, 1.82) is 0 Å². The Bertz CT molecular complexity index is 800. The van der Waals surface area contributed by atoms with E-state index < -0.39 is 28.5 Å². The third kappa shape index (κ3) is 4.58. The summed E-state index contributed by atoms with van der Waals surface area (Å²) < 4.78 is 31.6. The maximum atomic E-state index is 12.8. The first kappa shape index (κ1) is 19.9. The highest BCUT2D eigenvalue weighted by atomic mass is 32.2. The highest BCUT2D eigenvalue weighted by Gasteiger charge is 2.29. The topological polar surface area (TPSA) is 113 Å². The molecule has 26 heavy (non-hydrogen) atoms. The van der Waals surface area contributed by atoms with Crippen molar-refractivity contribution in [3.8, 4) is 0 Å². The van der Waals surface area contributed by atoms with Gasteiger partial charge in [-0.1, -0.05) is 6.07 Å². The van der Waals surface area contributed by atoms with E-state index in [9.17, 15) is 22.8 Å². The molecule has 2 amide bonds. The predicted octanol–water partition coefficient (Wildman–Crippen LogP) is -0.558. The number of esters is 1. The lowest BCUT2D eigenvalue weighted by molar-refractivity contribution is -0.130. The molecule has 10 heteroatoms. The van der Waals surface area contributed by atoms with E-state index in [2.05, 4.69) is 5.32 Å². The zero-order valence-corrected chi connectivity index (χ0v) is 15.4. The monoisotopic (exact) mass is 383 g/mol. The predicted molar refractivity (Wildman–Crippen MR) is 91.8 cm³/mol. The Hall–Kier alpha value is -2.46. The van der Waals surface area contributed by atoms with E-state index in [4.69, 9.17) is 4.74 Å². The summed E-state index contributed by atoms with van der Waals surface area (Å²) in [6, 6.07) is 5.47. The van der Waals surface area contributed by atoms with Crippen molar-refractivity contribution < 1.29 is 27.5 Å². The number of rotatable bonds is 5. The second kappa shape index (κ2) is 8.28. The number of carbonyl (C=O) groups is 3. The molecule has 9 nitrogen and oxygen atoms in total. The Labute approximate surface area is 152 Å². The molecule has 1 aliphatic rings. The van der Waals surface area contributed by atoms with E-state index in [1.54, 1.807) is 4.90 Å². The van der Waals surface area contributed by atoms with E-state index in [-0.39, 0.29) is 29.5 Å². The number of nitrogens with one attached hydrogen (secondary N) is 1. The molecule has 0 aliphatic carbocycles. The minimum atomic E-state index is -3.79. The van der Waals surface area contributed by atoms with Gasteiger partial charge in [-0.05, 0) is 18.2 Å². The fourth-order valence-corrected chi connectivity index (χ4v) is 3.93. The van der Waals surface area contributed by atoms with Crippen molar-refractivity contribution in [3.63, 3.8) is 0 Å². The first-order chi connectivity index (χ1) is 12.3. The first-order valence-corrected chi connectivity index (χ1v) is 9.43. The molecule has 0 atom stereocenters. The molecule has 0 bridgehead atoms. The van der Waals surface area contributed by atoms with Crippen molar-refractivity contribution >= 4 is 27.8 Å². The van der Waals surface area contributed by atoms with Gasteiger partial charge < -0.3 is 15.0 Å². The van der Waals surface area contributed by atoms with Crippen LogP contribution in [0, 0.1) is 0 Å². The van der Waals surface area contributed by atoms with Crippen molar-refractivity contribution in [3.05, 3.63) is 29.8 Å². The van der Waals surface area contributed by atoms with Gasteiger partial charge in [-0.2, -0.15) is 4.31 Å². The molecule has 0 unspecified atom stereocenters. The number of piperazine rings is 1. The average molecular weight is 383 g/mol. The molecule has 1 aromatic carbocycles. The fraction of sp³-hybridized carbons (Fsp3) is 0.438. The highest BCUT2D eigenvalue weighted by molar-refractivity contribution is 7.89. The summed E-state index contributed by atoms with van der Waals surface area (Å²) >= 11 is 0. The van der Waals surface area contributed by atoms with Crippen molar-refractivity contribution in [2.24, 2.45) is 0 Å². The molecule has 1 fully saturated rings. The van der Waals surface area contributed by atoms with Crippen LogP contribution < -0.4 is 5.32 Å². The zero-order chi connectivity index (χ0) is 19.3. The molecule has 0 radical (unpaired) electrons. The summed E-state index contributed by atoms with van der Waals surface area (Å²) in [6.45, 7) is 2.02. The number of amides is 2. The van der Waals surface area contributed by atoms with E-state index in [1.165, 1.54) is 42.5 Å². The quantitative estimate of drug-likeness (QED) is 0.682. The van der Waals surface area contributed by atoms with E-state index in [0.717, 1.165) is 0 Å². The molecular weight excluding hydrogens is 362 g/mol. The normalized spacial score (nSPS) is 15.4. The maximum Gasteiger partial charge on any atom is 0.338 e. The average Bonchev–Trinajstić information content (AvgIpc) is 2.65. The SMILES string of the molecule is CNC(=O)COC(=O)c1cccc(S(=O)(=O)N2CCN(C(C)=O)CC2)c1. The Morgan fingerprint density at radius 1 is 1.15 bits per heavy atom. The molecule has 1 heterocycles. The van der Waals surface area contributed by atoms with Crippen LogP contribution in [0.2, 0.25) is 0 Å². The summed E-state index contributed by atoms with van der Waals surface area (Å²) in [4.78, 5) is 36.0. The van der Waals surface area contributed by atoms with Gasteiger partial charge in [0.2, 0.25) is 15.9 Å². The lowest BCUT2D eigenvalue weighted by atomic mass is 10.2. The van der Waals surface area contributed by atoms with Gasteiger partial charge in [0.25, 0.3) is 5.91 Å². The van der Waals surface area contributed by atoms with Crippen LogP contribution in [0.4, 0.5) is 0 Å². The van der Waals surface area contributed by atoms with Crippen molar-refractivity contribution in [2.75, 3.05) is 39.8 Å². The molecule has 0 saturated carbocycles. The molecule has 1 saturated heterocycles. The smallest absolute Gasteiger partial charge is 0.338 e. The number of benzene rings is 1. The molecule has 2 rings (SSSR count).